The molecule has 0 bridgehead atoms. The van der Waals surface area contributed by atoms with Crippen LogP contribution in [0.2, 0.25) is 0 Å². The first-order chi connectivity index (χ1) is 9.22. The van der Waals surface area contributed by atoms with E-state index in [1.165, 1.54) is 12.4 Å². The van der Waals surface area contributed by atoms with Gasteiger partial charge in [-0.05, 0) is 13.0 Å². The summed E-state index contributed by atoms with van der Waals surface area (Å²) in [5.74, 6) is 1.14. The third-order valence-corrected chi connectivity index (χ3v) is 2.78. The summed E-state index contributed by atoms with van der Waals surface area (Å²) in [7, 11) is 0. The fourth-order valence-electron chi connectivity index (χ4n) is 1.82. The molecule has 0 fully saturated rings. The van der Waals surface area contributed by atoms with Crippen LogP contribution in [0.4, 0.5) is 8.78 Å². The molecule has 2 aromatic heterocycles. The SMILES string of the molecule is CCCNCc1nccn1Cc1nccn1C(F)F. The molecule has 0 aliphatic rings. The van der Waals surface area contributed by atoms with Crippen LogP contribution in [0.5, 0.6) is 0 Å². The molecule has 0 aliphatic carbocycles. The summed E-state index contributed by atoms with van der Waals surface area (Å²) in [5.41, 5.74) is 0. The largest absolute Gasteiger partial charge is 0.326 e. The van der Waals surface area contributed by atoms with E-state index >= 15 is 0 Å². The van der Waals surface area contributed by atoms with Crippen molar-refractivity contribution in [2.45, 2.75) is 33.0 Å². The molecule has 0 saturated carbocycles. The van der Waals surface area contributed by atoms with Gasteiger partial charge < -0.3 is 9.88 Å². The zero-order valence-corrected chi connectivity index (χ0v) is 10.8. The molecular formula is C12H17F2N5. The molecule has 19 heavy (non-hydrogen) atoms. The zero-order chi connectivity index (χ0) is 13.7. The normalized spacial score (nSPS) is 11.4. The standard InChI is InChI=1S/C12H17F2N5/c1-2-3-15-8-10-16-4-6-18(10)9-11-17-5-7-19(11)12(13)14/h4-7,12,15H,2-3,8-9H2,1H3. The topological polar surface area (TPSA) is 47.7 Å². The van der Waals surface area contributed by atoms with Crippen LogP contribution >= 0.6 is 0 Å². The van der Waals surface area contributed by atoms with Gasteiger partial charge in [0, 0.05) is 24.8 Å². The van der Waals surface area contributed by atoms with Crippen molar-refractivity contribution in [3.05, 3.63) is 36.4 Å². The lowest BCUT2D eigenvalue weighted by atomic mass is 10.4. The third-order valence-electron chi connectivity index (χ3n) is 2.78. The number of hydrogen-bond acceptors (Lipinski definition) is 3. The van der Waals surface area contributed by atoms with E-state index in [1.807, 2.05) is 4.57 Å². The van der Waals surface area contributed by atoms with Gasteiger partial charge in [0.15, 0.2) is 0 Å². The van der Waals surface area contributed by atoms with Crippen molar-refractivity contribution in [3.63, 3.8) is 0 Å². The van der Waals surface area contributed by atoms with Gasteiger partial charge in [-0.1, -0.05) is 6.92 Å². The highest BCUT2D eigenvalue weighted by atomic mass is 19.3. The smallest absolute Gasteiger partial charge is 0.319 e. The summed E-state index contributed by atoms with van der Waals surface area (Å²) in [5, 5.41) is 3.24. The first-order valence-electron chi connectivity index (χ1n) is 6.23. The summed E-state index contributed by atoms with van der Waals surface area (Å²) in [6, 6.07) is 0. The maximum atomic E-state index is 12.7. The summed E-state index contributed by atoms with van der Waals surface area (Å²) in [4.78, 5) is 8.18. The molecule has 0 amide bonds. The van der Waals surface area contributed by atoms with Crippen LogP contribution in [0, 0.1) is 0 Å². The molecule has 2 heterocycles. The van der Waals surface area contributed by atoms with Crippen molar-refractivity contribution in [3.8, 4) is 0 Å². The molecule has 0 spiro atoms. The number of nitrogens with one attached hydrogen (secondary N) is 1. The Morgan fingerprint density at radius 3 is 2.68 bits per heavy atom. The fourth-order valence-corrected chi connectivity index (χ4v) is 1.82. The van der Waals surface area contributed by atoms with Crippen LogP contribution in [0.15, 0.2) is 24.8 Å². The molecule has 0 aromatic carbocycles. The first-order valence-corrected chi connectivity index (χ1v) is 6.23. The van der Waals surface area contributed by atoms with E-state index in [9.17, 15) is 8.78 Å². The molecule has 0 radical (unpaired) electrons. The quantitative estimate of drug-likeness (QED) is 0.782. The number of aromatic nitrogens is 4. The Morgan fingerprint density at radius 2 is 1.95 bits per heavy atom. The van der Waals surface area contributed by atoms with E-state index < -0.39 is 6.55 Å². The number of nitrogens with zero attached hydrogens (tertiary/aromatic N) is 4. The van der Waals surface area contributed by atoms with E-state index in [0.717, 1.165) is 23.4 Å². The molecule has 2 rings (SSSR count). The second-order valence-electron chi connectivity index (χ2n) is 4.18. The van der Waals surface area contributed by atoms with Crippen LogP contribution in [-0.2, 0) is 13.1 Å². The first kappa shape index (κ1) is 13.7. The van der Waals surface area contributed by atoms with E-state index in [1.54, 1.807) is 12.4 Å². The van der Waals surface area contributed by atoms with Gasteiger partial charge in [-0.3, -0.25) is 4.57 Å². The number of alkyl halides is 2. The van der Waals surface area contributed by atoms with Gasteiger partial charge in [0.05, 0.1) is 13.1 Å². The van der Waals surface area contributed by atoms with Gasteiger partial charge in [0.1, 0.15) is 11.6 Å². The van der Waals surface area contributed by atoms with Crippen molar-refractivity contribution in [1.82, 2.24) is 24.4 Å². The average molecular weight is 269 g/mol. The van der Waals surface area contributed by atoms with E-state index in [4.69, 9.17) is 0 Å². The van der Waals surface area contributed by atoms with Gasteiger partial charge in [0.2, 0.25) is 0 Å². The Labute approximate surface area is 110 Å². The maximum absolute atomic E-state index is 12.7. The van der Waals surface area contributed by atoms with Crippen molar-refractivity contribution in [2.24, 2.45) is 0 Å². The highest BCUT2D eigenvalue weighted by Gasteiger charge is 2.12. The van der Waals surface area contributed by atoms with Crippen LogP contribution in [0.25, 0.3) is 0 Å². The second-order valence-corrected chi connectivity index (χ2v) is 4.18. The van der Waals surface area contributed by atoms with Crippen LogP contribution in [0.3, 0.4) is 0 Å². The molecule has 0 aliphatic heterocycles. The molecule has 2 aromatic rings. The summed E-state index contributed by atoms with van der Waals surface area (Å²) in [6.45, 7) is 1.33. The number of rotatable bonds is 7. The number of imidazole rings is 2. The molecule has 0 atom stereocenters. The maximum Gasteiger partial charge on any atom is 0.319 e. The zero-order valence-electron chi connectivity index (χ0n) is 10.8. The van der Waals surface area contributed by atoms with Crippen molar-refractivity contribution in [1.29, 1.82) is 0 Å². The van der Waals surface area contributed by atoms with Crippen LogP contribution < -0.4 is 5.32 Å². The molecule has 5 nitrogen and oxygen atoms in total. The lowest BCUT2D eigenvalue weighted by Gasteiger charge is -2.10. The Balaban J connectivity index is 2.06. The van der Waals surface area contributed by atoms with Crippen molar-refractivity contribution >= 4 is 0 Å². The number of halogens is 2. The lowest BCUT2D eigenvalue weighted by Crippen LogP contribution is -2.19. The Bertz CT molecular complexity index is 506. The Morgan fingerprint density at radius 1 is 1.21 bits per heavy atom. The van der Waals surface area contributed by atoms with Crippen LogP contribution in [0.1, 0.15) is 31.5 Å². The van der Waals surface area contributed by atoms with Gasteiger partial charge in [0.25, 0.3) is 0 Å². The van der Waals surface area contributed by atoms with E-state index in [2.05, 4.69) is 22.2 Å². The molecule has 0 unspecified atom stereocenters. The fraction of sp³-hybridized carbons (Fsp3) is 0.500. The Hall–Kier alpha value is -1.76. The lowest BCUT2D eigenvalue weighted by molar-refractivity contribution is 0.0666. The molecule has 104 valence electrons. The van der Waals surface area contributed by atoms with Gasteiger partial charge in [-0.15, -0.1) is 0 Å². The van der Waals surface area contributed by atoms with E-state index in [0.29, 0.717) is 18.9 Å². The minimum absolute atomic E-state index is 0.292. The number of hydrogen-bond donors (Lipinski definition) is 1. The van der Waals surface area contributed by atoms with Crippen molar-refractivity contribution < 1.29 is 8.78 Å². The second kappa shape index (κ2) is 6.42. The molecule has 1 N–H and O–H groups in total. The summed E-state index contributed by atoms with van der Waals surface area (Å²) >= 11 is 0. The predicted octanol–water partition coefficient (Wildman–Crippen LogP) is 2.02. The van der Waals surface area contributed by atoms with Gasteiger partial charge in [-0.2, -0.15) is 8.78 Å². The van der Waals surface area contributed by atoms with Gasteiger partial charge >= 0.3 is 6.55 Å². The van der Waals surface area contributed by atoms with Crippen molar-refractivity contribution in [2.75, 3.05) is 6.54 Å². The Kier molecular flexibility index (Phi) is 4.62. The molecular weight excluding hydrogens is 252 g/mol. The predicted molar refractivity (Wildman–Crippen MR) is 66.8 cm³/mol. The third kappa shape index (κ3) is 3.37. The van der Waals surface area contributed by atoms with E-state index in [-0.39, 0.29) is 0 Å². The molecule has 7 heteroatoms. The molecule has 0 saturated heterocycles. The highest BCUT2D eigenvalue weighted by Crippen LogP contribution is 2.13. The van der Waals surface area contributed by atoms with Crippen LogP contribution in [-0.4, -0.2) is 25.6 Å². The highest BCUT2D eigenvalue weighted by molar-refractivity contribution is 4.99. The summed E-state index contributed by atoms with van der Waals surface area (Å²) in [6.07, 6.45) is 7.14. The summed E-state index contributed by atoms with van der Waals surface area (Å²) < 4.78 is 28.1. The van der Waals surface area contributed by atoms with Gasteiger partial charge in [-0.25, -0.2) is 9.97 Å². The monoisotopic (exact) mass is 269 g/mol. The minimum atomic E-state index is -2.57. The minimum Gasteiger partial charge on any atom is -0.326 e. The average Bonchev–Trinajstić information content (AvgIpc) is 3.00.